The van der Waals surface area contributed by atoms with Crippen LogP contribution in [0, 0.1) is 22.5 Å². The molecule has 2 unspecified atom stereocenters. The van der Waals surface area contributed by atoms with Gasteiger partial charge in [-0.15, -0.1) is 0 Å². The van der Waals surface area contributed by atoms with Gasteiger partial charge in [0, 0.05) is 29.9 Å². The number of non-ortho nitro benzene ring substituents is 1. The number of carbonyl (C=O) groups excluding carboxylic acids is 1. The molecule has 0 bridgehead atoms. The first kappa shape index (κ1) is 12.7. The molecule has 4 nitrogen and oxygen atoms in total. The van der Waals surface area contributed by atoms with Gasteiger partial charge >= 0.3 is 0 Å². The Morgan fingerprint density at radius 3 is 2.67 bits per heavy atom. The zero-order valence-corrected chi connectivity index (χ0v) is 10.9. The highest BCUT2D eigenvalue weighted by molar-refractivity contribution is 5.93. The Bertz CT molecular complexity index is 524. The molecule has 2 atom stereocenters. The van der Waals surface area contributed by atoms with Crippen molar-refractivity contribution in [1.29, 1.82) is 0 Å². The Kier molecular flexibility index (Phi) is 2.97. The van der Waals surface area contributed by atoms with Gasteiger partial charge in [0.15, 0.2) is 0 Å². The summed E-state index contributed by atoms with van der Waals surface area (Å²) in [6.45, 7) is 5.90. The largest absolute Gasteiger partial charge is 0.299 e. The summed E-state index contributed by atoms with van der Waals surface area (Å²) in [5, 5.41) is 10.8. The molecule has 0 spiro atoms. The highest BCUT2D eigenvalue weighted by Crippen LogP contribution is 2.52. The number of rotatable bonds is 3. The van der Waals surface area contributed by atoms with E-state index in [1.165, 1.54) is 6.07 Å². The van der Waals surface area contributed by atoms with Gasteiger partial charge in [0.1, 0.15) is 5.78 Å². The molecule has 1 aromatic rings. The van der Waals surface area contributed by atoms with E-state index in [0.717, 1.165) is 17.5 Å². The highest BCUT2D eigenvalue weighted by Gasteiger charge is 2.50. The first-order chi connectivity index (χ1) is 8.40. The molecule has 0 aliphatic heterocycles. The summed E-state index contributed by atoms with van der Waals surface area (Å²) in [6.07, 6.45) is 1.28. The number of ketones is 1. The fraction of sp³-hybridized carbons (Fsp3) is 0.500. The Labute approximate surface area is 106 Å². The zero-order valence-electron chi connectivity index (χ0n) is 10.9. The number of hydrogen-bond donors (Lipinski definition) is 0. The monoisotopic (exact) mass is 247 g/mol. The minimum atomic E-state index is -0.382. The molecule has 0 aromatic heterocycles. The van der Waals surface area contributed by atoms with Crippen LogP contribution >= 0.6 is 0 Å². The summed E-state index contributed by atoms with van der Waals surface area (Å²) >= 11 is 0. The van der Waals surface area contributed by atoms with Crippen molar-refractivity contribution in [3.05, 3.63) is 39.4 Å². The number of benzene rings is 1. The van der Waals surface area contributed by atoms with E-state index in [2.05, 4.69) is 0 Å². The molecule has 1 aromatic carbocycles. The maximum Gasteiger partial charge on any atom is 0.269 e. The van der Waals surface area contributed by atoms with Gasteiger partial charge in [-0.1, -0.05) is 19.9 Å². The van der Waals surface area contributed by atoms with Gasteiger partial charge in [0.2, 0.25) is 0 Å². The number of nitrogens with zero attached hydrogens (tertiary/aromatic N) is 1. The minimum absolute atomic E-state index is 0.105. The molecule has 0 saturated heterocycles. The van der Waals surface area contributed by atoms with Crippen molar-refractivity contribution in [2.75, 3.05) is 0 Å². The molecular formula is C14H17NO3. The van der Waals surface area contributed by atoms with E-state index in [1.807, 2.05) is 20.8 Å². The Morgan fingerprint density at radius 2 is 2.17 bits per heavy atom. The van der Waals surface area contributed by atoms with Gasteiger partial charge in [0.25, 0.3) is 5.69 Å². The third kappa shape index (κ3) is 1.72. The third-order valence-electron chi connectivity index (χ3n) is 4.38. The summed E-state index contributed by atoms with van der Waals surface area (Å²) in [6, 6.07) is 4.91. The fourth-order valence-electron chi connectivity index (χ4n) is 2.72. The van der Waals surface area contributed by atoms with E-state index in [4.69, 9.17) is 0 Å². The van der Waals surface area contributed by atoms with Crippen molar-refractivity contribution in [3.8, 4) is 0 Å². The summed E-state index contributed by atoms with van der Waals surface area (Å²) in [5.74, 6) is 0.385. The standard InChI is InChI=1S/C14H17NO3/c1-4-14(3)12(8-13(14)16)11-7-10(15(17)18)6-5-9(11)2/h5-7,12H,4,8H2,1-3H3. The number of nitro benzene ring substituents is 1. The van der Waals surface area contributed by atoms with Crippen LogP contribution in [0.2, 0.25) is 0 Å². The Hall–Kier alpha value is -1.71. The van der Waals surface area contributed by atoms with Crippen LogP contribution in [0.25, 0.3) is 0 Å². The number of Topliss-reactive ketones (excluding diaryl/α,β-unsaturated/α-hetero) is 1. The molecule has 1 saturated carbocycles. The first-order valence-electron chi connectivity index (χ1n) is 6.18. The lowest BCUT2D eigenvalue weighted by Crippen LogP contribution is -2.45. The number of nitro groups is 1. The van der Waals surface area contributed by atoms with Crippen molar-refractivity contribution in [2.24, 2.45) is 5.41 Å². The van der Waals surface area contributed by atoms with E-state index in [-0.39, 0.29) is 27.7 Å². The van der Waals surface area contributed by atoms with Gasteiger partial charge in [-0.2, -0.15) is 0 Å². The van der Waals surface area contributed by atoms with Crippen molar-refractivity contribution >= 4 is 11.5 Å². The zero-order chi connectivity index (χ0) is 13.5. The van der Waals surface area contributed by atoms with Crippen LogP contribution in [0.5, 0.6) is 0 Å². The van der Waals surface area contributed by atoms with Crippen LogP contribution in [0.15, 0.2) is 18.2 Å². The average Bonchev–Trinajstić information content (AvgIpc) is 2.35. The van der Waals surface area contributed by atoms with Crippen molar-refractivity contribution in [2.45, 2.75) is 39.5 Å². The topological polar surface area (TPSA) is 60.2 Å². The molecule has 96 valence electrons. The lowest BCUT2D eigenvalue weighted by atomic mass is 9.56. The predicted molar refractivity (Wildman–Crippen MR) is 68.6 cm³/mol. The van der Waals surface area contributed by atoms with Crippen LogP contribution < -0.4 is 0 Å². The van der Waals surface area contributed by atoms with Crippen LogP contribution in [0.4, 0.5) is 5.69 Å². The van der Waals surface area contributed by atoms with Crippen LogP contribution in [0.3, 0.4) is 0 Å². The Morgan fingerprint density at radius 1 is 1.50 bits per heavy atom. The van der Waals surface area contributed by atoms with E-state index in [0.29, 0.717) is 6.42 Å². The van der Waals surface area contributed by atoms with E-state index in [1.54, 1.807) is 12.1 Å². The quantitative estimate of drug-likeness (QED) is 0.607. The third-order valence-corrected chi connectivity index (χ3v) is 4.38. The summed E-state index contributed by atoms with van der Waals surface area (Å²) in [5.41, 5.74) is 1.74. The SMILES string of the molecule is CCC1(C)C(=O)CC1c1cc([N+](=O)[O-])ccc1C. The molecule has 0 heterocycles. The Balaban J connectivity index is 2.43. The normalized spacial score (nSPS) is 26.8. The van der Waals surface area contributed by atoms with Gasteiger partial charge in [-0.25, -0.2) is 0 Å². The molecule has 2 rings (SSSR count). The summed E-state index contributed by atoms with van der Waals surface area (Å²) in [7, 11) is 0. The molecule has 1 fully saturated rings. The van der Waals surface area contributed by atoms with Crippen molar-refractivity contribution < 1.29 is 9.72 Å². The molecule has 0 amide bonds. The molecule has 1 aliphatic carbocycles. The predicted octanol–water partition coefficient (Wildman–Crippen LogP) is 3.38. The summed E-state index contributed by atoms with van der Waals surface area (Å²) in [4.78, 5) is 22.2. The second kappa shape index (κ2) is 4.19. The lowest BCUT2D eigenvalue weighted by Gasteiger charge is -2.45. The molecule has 0 radical (unpaired) electrons. The number of hydrogen-bond acceptors (Lipinski definition) is 3. The van der Waals surface area contributed by atoms with Crippen LogP contribution in [-0.4, -0.2) is 10.7 Å². The molecular weight excluding hydrogens is 230 g/mol. The van der Waals surface area contributed by atoms with E-state index >= 15 is 0 Å². The molecule has 18 heavy (non-hydrogen) atoms. The highest BCUT2D eigenvalue weighted by atomic mass is 16.6. The van der Waals surface area contributed by atoms with Crippen LogP contribution in [0.1, 0.15) is 43.7 Å². The molecule has 0 N–H and O–H groups in total. The second-order valence-electron chi connectivity index (χ2n) is 5.25. The van der Waals surface area contributed by atoms with Gasteiger partial charge in [-0.3, -0.25) is 14.9 Å². The molecule has 4 heteroatoms. The van der Waals surface area contributed by atoms with Gasteiger partial charge < -0.3 is 0 Å². The minimum Gasteiger partial charge on any atom is -0.299 e. The lowest BCUT2D eigenvalue weighted by molar-refractivity contribution is -0.385. The second-order valence-corrected chi connectivity index (χ2v) is 5.25. The number of carbonyl (C=O) groups is 1. The van der Waals surface area contributed by atoms with Gasteiger partial charge in [-0.05, 0) is 24.5 Å². The van der Waals surface area contributed by atoms with Crippen molar-refractivity contribution in [1.82, 2.24) is 0 Å². The fourth-order valence-corrected chi connectivity index (χ4v) is 2.72. The van der Waals surface area contributed by atoms with Crippen molar-refractivity contribution in [3.63, 3.8) is 0 Å². The first-order valence-corrected chi connectivity index (χ1v) is 6.18. The van der Waals surface area contributed by atoms with Gasteiger partial charge in [0.05, 0.1) is 4.92 Å². The maximum absolute atomic E-state index is 11.8. The smallest absolute Gasteiger partial charge is 0.269 e. The van der Waals surface area contributed by atoms with E-state index in [9.17, 15) is 14.9 Å². The number of aryl methyl sites for hydroxylation is 1. The molecule has 1 aliphatic rings. The maximum atomic E-state index is 11.8. The van der Waals surface area contributed by atoms with E-state index < -0.39 is 0 Å². The average molecular weight is 247 g/mol. The van der Waals surface area contributed by atoms with Crippen LogP contribution in [-0.2, 0) is 4.79 Å². The summed E-state index contributed by atoms with van der Waals surface area (Å²) < 4.78 is 0.